The van der Waals surface area contributed by atoms with E-state index in [2.05, 4.69) is 0 Å². The summed E-state index contributed by atoms with van der Waals surface area (Å²) in [6.45, 7) is 4.32. The van der Waals surface area contributed by atoms with Gasteiger partial charge < -0.3 is 15.7 Å². The first-order valence-electron chi connectivity index (χ1n) is 9.02. The summed E-state index contributed by atoms with van der Waals surface area (Å²) in [7, 11) is -4.02. The van der Waals surface area contributed by atoms with Crippen LogP contribution in [0.2, 0.25) is 0 Å². The van der Waals surface area contributed by atoms with Gasteiger partial charge in [0.05, 0.1) is 4.90 Å². The first kappa shape index (κ1) is 22.8. The summed E-state index contributed by atoms with van der Waals surface area (Å²) in [5.74, 6) is -0.405. The molecule has 2 aromatic carbocycles. The Hall–Kier alpha value is -2.49. The molecule has 9 heteroatoms. The van der Waals surface area contributed by atoms with Crippen LogP contribution in [0.25, 0.3) is 0 Å². The molecule has 0 spiro atoms. The molecule has 0 aliphatic carbocycles. The van der Waals surface area contributed by atoms with Crippen LogP contribution < -0.4 is 5.73 Å². The number of benzene rings is 2. The molecule has 1 amide bonds. The number of nitrogens with zero attached hydrogens (tertiary/aromatic N) is 1. The smallest absolute Gasteiger partial charge is 0.407 e. The number of piperidine rings is 1. The fourth-order valence-electron chi connectivity index (χ4n) is 3.05. The van der Waals surface area contributed by atoms with Gasteiger partial charge in [-0.2, -0.15) is 8.42 Å². The van der Waals surface area contributed by atoms with Crippen LogP contribution in [-0.4, -0.2) is 48.2 Å². The summed E-state index contributed by atoms with van der Waals surface area (Å²) in [6, 6.07) is 10.9. The molecule has 1 saturated heterocycles. The molecule has 0 radical (unpaired) electrons. The Bertz CT molecular complexity index is 963. The van der Waals surface area contributed by atoms with Gasteiger partial charge in [0.2, 0.25) is 0 Å². The Balaban J connectivity index is 0.000000234. The summed E-state index contributed by atoms with van der Waals surface area (Å²) < 4.78 is 43.1. The molecule has 3 rings (SSSR count). The summed E-state index contributed by atoms with van der Waals surface area (Å²) in [5, 5.41) is 9.00. The molecular formula is C20H25FN2O5S. The number of carbonyl (C=O) groups is 1. The molecule has 2 atom stereocenters. The van der Waals surface area contributed by atoms with Gasteiger partial charge in [0, 0.05) is 25.0 Å². The number of likely N-dealkylation sites (tertiary alicyclic amines) is 1. The summed E-state index contributed by atoms with van der Waals surface area (Å²) in [4.78, 5) is 12.2. The van der Waals surface area contributed by atoms with Gasteiger partial charge in [-0.25, -0.2) is 9.18 Å². The third kappa shape index (κ3) is 6.25. The van der Waals surface area contributed by atoms with Crippen molar-refractivity contribution in [1.29, 1.82) is 0 Å². The molecule has 1 fully saturated rings. The van der Waals surface area contributed by atoms with E-state index in [1.54, 1.807) is 25.1 Å². The highest BCUT2D eigenvalue weighted by Crippen LogP contribution is 2.27. The second kappa shape index (κ2) is 9.34. The third-order valence-electron chi connectivity index (χ3n) is 4.88. The number of hydrogen-bond acceptors (Lipinski definition) is 4. The van der Waals surface area contributed by atoms with Crippen LogP contribution in [0.3, 0.4) is 0 Å². The lowest BCUT2D eigenvalue weighted by molar-refractivity contribution is 0.126. The van der Waals surface area contributed by atoms with Gasteiger partial charge in [0.1, 0.15) is 5.82 Å². The maximum absolute atomic E-state index is 13.5. The van der Waals surface area contributed by atoms with E-state index in [4.69, 9.17) is 15.4 Å². The minimum Gasteiger partial charge on any atom is -0.465 e. The average molecular weight is 424 g/mol. The molecule has 1 aliphatic rings. The van der Waals surface area contributed by atoms with Gasteiger partial charge >= 0.3 is 6.09 Å². The Morgan fingerprint density at radius 2 is 1.79 bits per heavy atom. The molecule has 1 heterocycles. The predicted molar refractivity (Wildman–Crippen MR) is 107 cm³/mol. The zero-order valence-corrected chi connectivity index (χ0v) is 17.1. The van der Waals surface area contributed by atoms with Crippen LogP contribution in [0.4, 0.5) is 9.18 Å². The largest absolute Gasteiger partial charge is 0.465 e. The molecule has 7 nitrogen and oxygen atoms in total. The lowest BCUT2D eigenvalue weighted by Gasteiger charge is -2.35. The highest BCUT2D eigenvalue weighted by Gasteiger charge is 2.30. The van der Waals surface area contributed by atoms with E-state index in [9.17, 15) is 17.6 Å². The van der Waals surface area contributed by atoms with Crippen molar-refractivity contribution in [3.05, 3.63) is 65.0 Å². The van der Waals surface area contributed by atoms with Crippen LogP contribution in [0, 0.1) is 19.7 Å². The fourth-order valence-corrected chi connectivity index (χ4v) is 3.53. The van der Waals surface area contributed by atoms with Crippen molar-refractivity contribution in [3.8, 4) is 0 Å². The minimum atomic E-state index is -4.02. The number of rotatable bonds is 2. The molecule has 2 unspecified atom stereocenters. The van der Waals surface area contributed by atoms with E-state index in [-0.39, 0.29) is 22.7 Å². The quantitative estimate of drug-likeness (QED) is 0.637. The highest BCUT2D eigenvalue weighted by molar-refractivity contribution is 7.85. The van der Waals surface area contributed by atoms with E-state index in [0.29, 0.717) is 25.1 Å². The van der Waals surface area contributed by atoms with E-state index in [0.717, 1.165) is 11.1 Å². The van der Waals surface area contributed by atoms with Crippen LogP contribution in [-0.2, 0) is 10.1 Å². The Morgan fingerprint density at radius 3 is 2.31 bits per heavy atom. The normalized spacial score (nSPS) is 19.3. The number of halogens is 1. The number of carboxylic acid groups (broad SMARTS) is 1. The molecule has 0 saturated carbocycles. The van der Waals surface area contributed by atoms with E-state index >= 15 is 0 Å². The van der Waals surface area contributed by atoms with Crippen molar-refractivity contribution in [2.75, 3.05) is 13.1 Å². The highest BCUT2D eigenvalue weighted by atomic mass is 32.2. The lowest BCUT2D eigenvalue weighted by Crippen LogP contribution is -2.47. The molecule has 0 bridgehead atoms. The van der Waals surface area contributed by atoms with Gasteiger partial charge in [-0.3, -0.25) is 4.55 Å². The average Bonchev–Trinajstić information content (AvgIpc) is 2.64. The first-order chi connectivity index (χ1) is 13.5. The van der Waals surface area contributed by atoms with Crippen molar-refractivity contribution in [3.63, 3.8) is 0 Å². The van der Waals surface area contributed by atoms with Gasteiger partial charge in [-0.15, -0.1) is 0 Å². The number of amides is 1. The van der Waals surface area contributed by atoms with Gasteiger partial charge in [0.15, 0.2) is 0 Å². The standard InChI is InChI=1S/C13H17FN2O2.C7H8O3S/c1-8-2-3-9(6-11(8)14)10-7-16(13(17)18)5-4-12(10)15;1-6-2-4-7(5-3-6)11(8,9)10/h2-3,6,10,12H,4-5,7,15H2,1H3,(H,17,18);2-5H,1H3,(H,8,9,10). The van der Waals surface area contributed by atoms with Crippen molar-refractivity contribution in [1.82, 2.24) is 4.90 Å². The maximum atomic E-state index is 13.5. The van der Waals surface area contributed by atoms with Gasteiger partial charge in [-0.1, -0.05) is 29.8 Å². The van der Waals surface area contributed by atoms with Crippen molar-refractivity contribution in [2.24, 2.45) is 5.73 Å². The monoisotopic (exact) mass is 424 g/mol. The molecule has 4 N–H and O–H groups in total. The van der Waals surface area contributed by atoms with E-state index < -0.39 is 16.2 Å². The Kier molecular flexibility index (Phi) is 7.34. The number of aryl methyl sites for hydroxylation is 2. The number of nitrogens with two attached hydrogens (primary N) is 1. The van der Waals surface area contributed by atoms with Crippen molar-refractivity contribution in [2.45, 2.75) is 37.1 Å². The minimum absolute atomic E-state index is 0.0666. The topological polar surface area (TPSA) is 121 Å². The van der Waals surface area contributed by atoms with Crippen LogP contribution in [0.5, 0.6) is 0 Å². The maximum Gasteiger partial charge on any atom is 0.407 e. The second-order valence-electron chi connectivity index (χ2n) is 7.08. The summed E-state index contributed by atoms with van der Waals surface area (Å²) >= 11 is 0. The van der Waals surface area contributed by atoms with Crippen LogP contribution >= 0.6 is 0 Å². The Labute approximate surface area is 169 Å². The molecular weight excluding hydrogens is 399 g/mol. The van der Waals surface area contributed by atoms with Crippen molar-refractivity contribution < 1.29 is 27.3 Å². The zero-order chi connectivity index (χ0) is 21.8. The van der Waals surface area contributed by atoms with E-state index in [1.807, 2.05) is 13.0 Å². The SMILES string of the molecule is Cc1ccc(C2CN(C(=O)O)CCC2N)cc1F.Cc1ccc(S(=O)(=O)O)cc1. The van der Waals surface area contributed by atoms with Gasteiger partial charge in [-0.05, 0) is 49.6 Å². The van der Waals surface area contributed by atoms with Crippen LogP contribution in [0.15, 0.2) is 47.4 Å². The molecule has 29 heavy (non-hydrogen) atoms. The van der Waals surface area contributed by atoms with Gasteiger partial charge in [0.25, 0.3) is 10.1 Å². The number of hydrogen-bond donors (Lipinski definition) is 3. The molecule has 2 aromatic rings. The zero-order valence-electron chi connectivity index (χ0n) is 16.2. The summed E-state index contributed by atoms with van der Waals surface area (Å²) in [6.07, 6.45) is -0.341. The van der Waals surface area contributed by atoms with Crippen molar-refractivity contribution >= 4 is 16.2 Å². The predicted octanol–water partition coefficient (Wildman–Crippen LogP) is 3.17. The lowest BCUT2D eigenvalue weighted by atomic mass is 9.86. The van der Waals surface area contributed by atoms with Crippen LogP contribution in [0.1, 0.15) is 29.0 Å². The summed E-state index contributed by atoms with van der Waals surface area (Å²) in [5.41, 5.74) is 8.33. The first-order valence-corrected chi connectivity index (χ1v) is 10.5. The second-order valence-corrected chi connectivity index (χ2v) is 8.51. The third-order valence-corrected chi connectivity index (χ3v) is 5.75. The molecule has 0 aromatic heterocycles. The molecule has 158 valence electrons. The Morgan fingerprint density at radius 1 is 1.17 bits per heavy atom. The molecule has 1 aliphatic heterocycles. The van der Waals surface area contributed by atoms with E-state index in [1.165, 1.54) is 23.1 Å². The fraction of sp³-hybridized carbons (Fsp3) is 0.350.